The fourth-order valence-corrected chi connectivity index (χ4v) is 4.84. The lowest BCUT2D eigenvalue weighted by Crippen LogP contribution is -2.56. The van der Waals surface area contributed by atoms with Gasteiger partial charge in [0.15, 0.2) is 6.61 Å². The molecule has 8 nitrogen and oxygen atoms in total. The number of carboxylic acid groups (broad SMARTS) is 1. The Labute approximate surface area is 196 Å². The maximum atomic E-state index is 12.4. The number of aliphatic hydroxyl groups excluding tert-OH is 1. The first-order valence-electron chi connectivity index (χ1n) is 11.2. The summed E-state index contributed by atoms with van der Waals surface area (Å²) < 4.78 is 5.68. The molecule has 5 rings (SSSR count). The van der Waals surface area contributed by atoms with E-state index >= 15 is 0 Å². The van der Waals surface area contributed by atoms with Crippen LogP contribution in [-0.2, 0) is 10.3 Å². The van der Waals surface area contributed by atoms with E-state index in [1.165, 1.54) is 0 Å². The summed E-state index contributed by atoms with van der Waals surface area (Å²) in [5.41, 5.74) is 4.00. The normalized spacial score (nSPS) is 21.3. The first kappa shape index (κ1) is 21.9. The summed E-state index contributed by atoms with van der Waals surface area (Å²) in [6.07, 6.45) is -0.981. The predicted molar refractivity (Wildman–Crippen MR) is 127 cm³/mol. The fraction of sp³-hybridized carbons (Fsp3) is 0.269. The van der Waals surface area contributed by atoms with Crippen LogP contribution < -0.4 is 15.0 Å². The number of anilines is 1. The first-order valence-corrected chi connectivity index (χ1v) is 11.2. The van der Waals surface area contributed by atoms with Gasteiger partial charge in [-0.2, -0.15) is 0 Å². The molecule has 2 heterocycles. The molecule has 1 fully saturated rings. The Morgan fingerprint density at radius 2 is 1.85 bits per heavy atom. The zero-order valence-corrected chi connectivity index (χ0v) is 18.7. The molecule has 2 aliphatic rings. The summed E-state index contributed by atoms with van der Waals surface area (Å²) in [4.78, 5) is 30.2. The smallest absolute Gasteiger partial charge is 0.405 e. The second-order valence-electron chi connectivity index (χ2n) is 8.65. The van der Waals surface area contributed by atoms with Crippen LogP contribution in [0.3, 0.4) is 0 Å². The van der Waals surface area contributed by atoms with Gasteiger partial charge >= 0.3 is 6.09 Å². The third-order valence-corrected chi connectivity index (χ3v) is 6.52. The molecule has 2 amide bonds. The minimum absolute atomic E-state index is 0.0530. The van der Waals surface area contributed by atoms with E-state index in [0.29, 0.717) is 36.6 Å². The highest BCUT2D eigenvalue weighted by Gasteiger charge is 2.46. The number of likely N-dealkylation sites (N-methyl/N-ethyl adjacent to an activating group) is 1. The van der Waals surface area contributed by atoms with E-state index in [-0.39, 0.29) is 12.5 Å². The first-order chi connectivity index (χ1) is 16.4. The van der Waals surface area contributed by atoms with Gasteiger partial charge < -0.3 is 25.2 Å². The van der Waals surface area contributed by atoms with Crippen molar-refractivity contribution in [2.75, 3.05) is 18.1 Å². The van der Waals surface area contributed by atoms with Crippen molar-refractivity contribution < 1.29 is 24.5 Å². The number of carbonyl (C=O) groups excluding carboxylic acids is 1. The van der Waals surface area contributed by atoms with Crippen LogP contribution >= 0.6 is 0 Å². The van der Waals surface area contributed by atoms with Crippen LogP contribution in [0, 0.1) is 0 Å². The summed E-state index contributed by atoms with van der Waals surface area (Å²) in [5.74, 6) is 0.304. The quantitative estimate of drug-likeness (QED) is 0.535. The van der Waals surface area contributed by atoms with Gasteiger partial charge in [0.25, 0.3) is 5.91 Å². The summed E-state index contributed by atoms with van der Waals surface area (Å²) >= 11 is 0. The highest BCUT2D eigenvalue weighted by atomic mass is 16.5. The van der Waals surface area contributed by atoms with Crippen LogP contribution in [-0.4, -0.2) is 46.5 Å². The highest BCUT2D eigenvalue weighted by molar-refractivity contribution is 5.99. The van der Waals surface area contributed by atoms with Gasteiger partial charge in [0, 0.05) is 30.5 Å². The van der Waals surface area contributed by atoms with E-state index in [1.54, 1.807) is 4.90 Å². The highest BCUT2D eigenvalue weighted by Crippen LogP contribution is 2.43. The maximum Gasteiger partial charge on any atom is 0.405 e. The molecule has 34 heavy (non-hydrogen) atoms. The zero-order valence-electron chi connectivity index (χ0n) is 18.7. The van der Waals surface area contributed by atoms with Crippen molar-refractivity contribution in [3.63, 3.8) is 0 Å². The number of nitrogens with zero attached hydrogens (tertiary/aromatic N) is 2. The Balaban J connectivity index is 1.60. The minimum Gasteiger partial charge on any atom is -0.466 e. The molecule has 1 aliphatic carbocycles. The molecule has 1 saturated carbocycles. The molecule has 0 atom stereocenters. The van der Waals surface area contributed by atoms with E-state index in [4.69, 9.17) is 9.72 Å². The van der Waals surface area contributed by atoms with Crippen molar-refractivity contribution in [1.82, 2.24) is 10.3 Å². The number of aromatic nitrogens is 1. The number of aliphatic hydroxyl groups is 1. The lowest BCUT2D eigenvalue weighted by molar-refractivity contribution is -0.121. The van der Waals surface area contributed by atoms with E-state index in [1.807, 2.05) is 67.6 Å². The molecular weight excluding hydrogens is 434 g/mol. The van der Waals surface area contributed by atoms with Gasteiger partial charge in [0.2, 0.25) is 5.88 Å². The van der Waals surface area contributed by atoms with Crippen LogP contribution in [0.2, 0.25) is 0 Å². The Morgan fingerprint density at radius 1 is 1.15 bits per heavy atom. The van der Waals surface area contributed by atoms with Crippen LogP contribution in [0.25, 0.3) is 22.4 Å². The second kappa shape index (κ2) is 8.46. The summed E-state index contributed by atoms with van der Waals surface area (Å²) in [5, 5.41) is 21.7. The summed E-state index contributed by atoms with van der Waals surface area (Å²) in [6.45, 7) is 2.38. The number of carbonyl (C=O) groups is 2. The monoisotopic (exact) mass is 459 g/mol. The molecule has 3 aromatic rings. The average molecular weight is 460 g/mol. The van der Waals surface area contributed by atoms with Gasteiger partial charge in [-0.3, -0.25) is 4.79 Å². The topological polar surface area (TPSA) is 112 Å². The number of nitrogens with one attached hydrogen (secondary N) is 1. The standard InChI is InChI=1S/C26H25N3O5/c1-2-29-21-12-20(16-6-4-3-5-7-16)23(27-24(21)34-15-22(29)31)17-8-10-18(11-9-17)26(28-25(32)33)13-19(30)14-26/h3-12,19,28,30H,2,13-15H2,1H3,(H,32,33)/t19-,26-. The molecule has 174 valence electrons. The lowest BCUT2D eigenvalue weighted by Gasteiger charge is -2.45. The van der Waals surface area contributed by atoms with E-state index in [0.717, 1.165) is 22.3 Å². The molecule has 0 spiro atoms. The molecule has 0 saturated heterocycles. The molecule has 1 aliphatic heterocycles. The fourth-order valence-electron chi connectivity index (χ4n) is 4.84. The zero-order chi connectivity index (χ0) is 23.9. The lowest BCUT2D eigenvalue weighted by atomic mass is 9.69. The van der Waals surface area contributed by atoms with Gasteiger partial charge in [-0.05, 0) is 24.1 Å². The molecule has 8 heteroatoms. The predicted octanol–water partition coefficient (Wildman–Crippen LogP) is 3.78. The molecule has 0 bridgehead atoms. The minimum atomic E-state index is -1.12. The van der Waals surface area contributed by atoms with Gasteiger partial charge in [-0.25, -0.2) is 9.78 Å². The van der Waals surface area contributed by atoms with Gasteiger partial charge in [0.05, 0.1) is 17.3 Å². The summed E-state index contributed by atoms with van der Waals surface area (Å²) in [6, 6.07) is 19.3. The number of pyridine rings is 1. The third-order valence-electron chi connectivity index (χ3n) is 6.52. The number of amides is 2. The Kier molecular flexibility index (Phi) is 5.45. The third kappa shape index (κ3) is 3.76. The van der Waals surface area contributed by atoms with Crippen molar-refractivity contribution in [1.29, 1.82) is 0 Å². The van der Waals surface area contributed by atoms with Crippen molar-refractivity contribution in [3.05, 3.63) is 66.2 Å². The molecule has 3 N–H and O–H groups in total. The molecule has 0 radical (unpaired) electrons. The molecule has 1 aromatic heterocycles. The van der Waals surface area contributed by atoms with E-state index < -0.39 is 17.7 Å². The average Bonchev–Trinajstić information content (AvgIpc) is 2.82. The maximum absolute atomic E-state index is 12.4. The number of hydrogen-bond donors (Lipinski definition) is 3. The van der Waals surface area contributed by atoms with Crippen LogP contribution in [0.4, 0.5) is 10.5 Å². The Bertz CT molecular complexity index is 1240. The molecule has 0 unspecified atom stereocenters. The van der Waals surface area contributed by atoms with Crippen molar-refractivity contribution in [2.24, 2.45) is 0 Å². The van der Waals surface area contributed by atoms with E-state index in [9.17, 15) is 19.8 Å². The van der Waals surface area contributed by atoms with Crippen molar-refractivity contribution in [2.45, 2.75) is 31.4 Å². The largest absolute Gasteiger partial charge is 0.466 e. The van der Waals surface area contributed by atoms with Gasteiger partial charge in [0.1, 0.15) is 5.69 Å². The van der Waals surface area contributed by atoms with Crippen molar-refractivity contribution in [3.8, 4) is 28.3 Å². The number of benzene rings is 2. The SMILES string of the molecule is CCN1C(=O)COc2nc(-c3ccc([C@]4(NC(=O)O)C[C@H](O)C4)cc3)c(-c3ccccc3)cc21. The second-order valence-corrected chi connectivity index (χ2v) is 8.65. The molecular formula is C26H25N3O5. The number of rotatable bonds is 5. The molecule has 2 aromatic carbocycles. The van der Waals surface area contributed by atoms with Gasteiger partial charge in [-0.15, -0.1) is 0 Å². The Hall–Kier alpha value is -3.91. The van der Waals surface area contributed by atoms with Crippen LogP contribution in [0.15, 0.2) is 60.7 Å². The number of ether oxygens (including phenoxy) is 1. The number of fused-ring (bicyclic) bond motifs is 1. The van der Waals surface area contributed by atoms with Crippen LogP contribution in [0.1, 0.15) is 25.3 Å². The summed E-state index contributed by atoms with van der Waals surface area (Å²) in [7, 11) is 0. The number of hydrogen-bond acceptors (Lipinski definition) is 5. The van der Waals surface area contributed by atoms with Crippen LogP contribution in [0.5, 0.6) is 5.88 Å². The van der Waals surface area contributed by atoms with Gasteiger partial charge in [-0.1, -0.05) is 54.6 Å². The van der Waals surface area contributed by atoms with Crippen molar-refractivity contribution >= 4 is 17.7 Å². The van der Waals surface area contributed by atoms with E-state index in [2.05, 4.69) is 5.32 Å². The Morgan fingerprint density at radius 3 is 2.47 bits per heavy atom.